The molecule has 0 aliphatic heterocycles. The fraction of sp³-hybridized carbons (Fsp3) is 0.120. The summed E-state index contributed by atoms with van der Waals surface area (Å²) in [5.41, 5.74) is 24.7. The van der Waals surface area contributed by atoms with Crippen molar-refractivity contribution in [1.82, 2.24) is 0 Å². The Kier molecular flexibility index (Phi) is 14.4. The van der Waals surface area contributed by atoms with E-state index in [1.54, 1.807) is 0 Å². The van der Waals surface area contributed by atoms with Crippen LogP contribution in [0, 0.1) is 20.8 Å². The van der Waals surface area contributed by atoms with Gasteiger partial charge in [-0.2, -0.15) is 0 Å². The summed E-state index contributed by atoms with van der Waals surface area (Å²) in [5, 5.41) is 4.74. The normalized spacial score (nSPS) is 12.0. The molecule has 14 rings (SSSR count). The molecule has 2 aromatic heterocycles. The zero-order chi connectivity index (χ0) is 52.9. The molecule has 2 heterocycles. The number of aryl methyl sites for hydroxylation is 4. The number of benzene rings is 11. The zero-order valence-corrected chi connectivity index (χ0v) is 45.0. The Bertz CT molecular complexity index is 4080. The van der Waals surface area contributed by atoms with Crippen LogP contribution in [-0.2, 0) is 11.8 Å². The van der Waals surface area contributed by atoms with Crippen molar-refractivity contribution in [1.29, 1.82) is 0 Å². The lowest BCUT2D eigenvalue weighted by Gasteiger charge is -2.23. The van der Waals surface area contributed by atoms with Gasteiger partial charge in [0.2, 0.25) is 0 Å². The van der Waals surface area contributed by atoms with Gasteiger partial charge in [0.15, 0.2) is 0 Å². The summed E-state index contributed by atoms with van der Waals surface area (Å²) >= 11 is 0. The maximum atomic E-state index is 6.07. The van der Waals surface area contributed by atoms with Crippen LogP contribution in [0.1, 0.15) is 60.6 Å². The van der Waals surface area contributed by atoms with E-state index in [0.717, 1.165) is 27.9 Å². The predicted octanol–water partition coefficient (Wildman–Crippen LogP) is 21.4. The van der Waals surface area contributed by atoms with Crippen LogP contribution in [0.3, 0.4) is 0 Å². The topological polar surface area (TPSA) is 26.3 Å². The minimum absolute atomic E-state index is 0.0654. The van der Waals surface area contributed by atoms with Crippen molar-refractivity contribution < 1.29 is 8.83 Å². The van der Waals surface area contributed by atoms with Crippen molar-refractivity contribution in [2.45, 2.75) is 59.8 Å². The van der Waals surface area contributed by atoms with Crippen LogP contribution >= 0.6 is 0 Å². The van der Waals surface area contributed by atoms with Crippen LogP contribution in [0.25, 0.3) is 99.5 Å². The van der Waals surface area contributed by atoms with E-state index in [-0.39, 0.29) is 5.41 Å². The standard InChI is InChI=1S/C34H28.C19H14O.C12H8O.C10H14/c1-23-11-10-16-26(19-23)27-17-18-31-30(20-27)33-29(25-14-8-5-9-15-25)21-28(22-32(33)34(31,2)3)24-12-6-4-7-13-24;1-13-9-11-14(12-10-13)15-6-4-7-17-16-5-2-3-8-18(16)20-19(15)17;1-3-7-11-9(5-1)10-6-2-4-8-12(10)13-11;1-3-4-10-7-5-9(2)6-8-10/h4-22H,1-3H3;2-12H,1H3;1-8H;5-8H,3-4H2,1-2H3. The highest BCUT2D eigenvalue weighted by molar-refractivity contribution is 6.09. The minimum Gasteiger partial charge on any atom is -0.456 e. The van der Waals surface area contributed by atoms with E-state index in [4.69, 9.17) is 8.83 Å². The summed E-state index contributed by atoms with van der Waals surface area (Å²) in [6, 6.07) is 90.3. The van der Waals surface area contributed by atoms with E-state index in [0.29, 0.717) is 0 Å². The van der Waals surface area contributed by atoms with E-state index in [1.807, 2.05) is 48.5 Å². The summed E-state index contributed by atoms with van der Waals surface area (Å²) in [6.07, 6.45) is 2.45. The molecule has 0 fully saturated rings. The summed E-state index contributed by atoms with van der Waals surface area (Å²) in [4.78, 5) is 0. The summed E-state index contributed by atoms with van der Waals surface area (Å²) < 4.78 is 11.7. The van der Waals surface area contributed by atoms with Crippen molar-refractivity contribution in [3.63, 3.8) is 0 Å². The van der Waals surface area contributed by atoms with Gasteiger partial charge in [-0.3, -0.25) is 0 Å². The van der Waals surface area contributed by atoms with Gasteiger partial charge in [0, 0.05) is 32.5 Å². The molecule has 376 valence electrons. The fourth-order valence-electron chi connectivity index (χ4n) is 10.9. The molecule has 2 heteroatoms. The molecule has 0 spiro atoms. The first-order chi connectivity index (χ1) is 37.6. The Labute approximate surface area is 453 Å². The Morgan fingerprint density at radius 1 is 0.325 bits per heavy atom. The van der Waals surface area contributed by atoms with Crippen LogP contribution in [0.4, 0.5) is 0 Å². The smallest absolute Gasteiger partial charge is 0.143 e. The van der Waals surface area contributed by atoms with Gasteiger partial charge in [0.1, 0.15) is 22.3 Å². The van der Waals surface area contributed by atoms with Crippen molar-refractivity contribution in [2.24, 2.45) is 0 Å². The molecule has 77 heavy (non-hydrogen) atoms. The Hall–Kier alpha value is -8.98. The largest absolute Gasteiger partial charge is 0.456 e. The third-order valence-electron chi connectivity index (χ3n) is 15.0. The Morgan fingerprint density at radius 2 is 0.805 bits per heavy atom. The molecule has 0 saturated heterocycles. The quantitative estimate of drug-likeness (QED) is 0.166. The van der Waals surface area contributed by atoms with E-state index in [9.17, 15) is 0 Å². The summed E-state index contributed by atoms with van der Waals surface area (Å²) in [5.74, 6) is 0. The van der Waals surface area contributed by atoms with E-state index in [2.05, 4.69) is 248 Å². The van der Waals surface area contributed by atoms with Crippen molar-refractivity contribution in [3.8, 4) is 55.6 Å². The van der Waals surface area contributed by atoms with Crippen LogP contribution in [0.5, 0.6) is 0 Å². The van der Waals surface area contributed by atoms with Crippen molar-refractivity contribution in [3.05, 3.63) is 288 Å². The average Bonchev–Trinajstić information content (AvgIpc) is 4.33. The lowest BCUT2D eigenvalue weighted by molar-refractivity contribution is 0.661. The summed E-state index contributed by atoms with van der Waals surface area (Å²) in [7, 11) is 0. The van der Waals surface area contributed by atoms with E-state index in [1.165, 1.54) is 118 Å². The summed E-state index contributed by atoms with van der Waals surface area (Å²) in [6.45, 7) is 13.3. The maximum absolute atomic E-state index is 6.07. The van der Waals surface area contributed by atoms with Crippen molar-refractivity contribution >= 4 is 43.9 Å². The molecular formula is C75H64O2. The molecule has 2 nitrogen and oxygen atoms in total. The number of fused-ring (bicyclic) bond motifs is 9. The second-order valence-electron chi connectivity index (χ2n) is 20.9. The van der Waals surface area contributed by atoms with Gasteiger partial charge in [-0.15, -0.1) is 0 Å². The SMILES string of the molecule is CCCc1ccc(C)cc1.Cc1ccc(-c2cccc3c2oc2ccccc23)cc1.Cc1cccc(-c2ccc3c(c2)-c2c(-c4ccccc4)cc(-c4ccccc4)cc2C3(C)C)c1.c1ccc2c(c1)oc1ccccc12. The Morgan fingerprint density at radius 3 is 1.43 bits per heavy atom. The molecule has 0 N–H and O–H groups in total. The molecule has 0 unspecified atom stereocenters. The minimum atomic E-state index is -0.0654. The highest BCUT2D eigenvalue weighted by atomic mass is 16.3. The van der Waals surface area contributed by atoms with Crippen LogP contribution in [0.2, 0.25) is 0 Å². The molecule has 13 aromatic rings. The first-order valence-corrected chi connectivity index (χ1v) is 27.0. The number of furan rings is 2. The molecule has 1 aliphatic rings. The molecule has 0 saturated carbocycles. The van der Waals surface area contributed by atoms with Crippen LogP contribution in [-0.4, -0.2) is 0 Å². The molecule has 1 aliphatic carbocycles. The van der Waals surface area contributed by atoms with Gasteiger partial charge in [0.25, 0.3) is 0 Å². The van der Waals surface area contributed by atoms with Crippen LogP contribution in [0.15, 0.2) is 264 Å². The monoisotopic (exact) mass is 996 g/mol. The van der Waals surface area contributed by atoms with Crippen LogP contribution < -0.4 is 0 Å². The molecule has 0 amide bonds. The van der Waals surface area contributed by atoms with Gasteiger partial charge in [-0.05, 0) is 130 Å². The van der Waals surface area contributed by atoms with Gasteiger partial charge < -0.3 is 8.83 Å². The molecular weight excluding hydrogens is 933 g/mol. The van der Waals surface area contributed by atoms with Crippen molar-refractivity contribution in [2.75, 3.05) is 0 Å². The average molecular weight is 997 g/mol. The van der Waals surface area contributed by atoms with Gasteiger partial charge >= 0.3 is 0 Å². The van der Waals surface area contributed by atoms with E-state index >= 15 is 0 Å². The fourth-order valence-corrected chi connectivity index (χ4v) is 10.9. The van der Waals surface area contributed by atoms with Gasteiger partial charge in [-0.25, -0.2) is 0 Å². The second kappa shape index (κ2) is 22.1. The third kappa shape index (κ3) is 10.5. The number of hydrogen-bond acceptors (Lipinski definition) is 2. The van der Waals surface area contributed by atoms with Gasteiger partial charge in [0.05, 0.1) is 0 Å². The molecule has 0 radical (unpaired) electrons. The van der Waals surface area contributed by atoms with Gasteiger partial charge in [-0.1, -0.05) is 262 Å². The lowest BCUT2D eigenvalue weighted by Crippen LogP contribution is -2.15. The first kappa shape index (κ1) is 50.2. The predicted molar refractivity (Wildman–Crippen MR) is 328 cm³/mol. The highest BCUT2D eigenvalue weighted by Crippen LogP contribution is 2.54. The highest BCUT2D eigenvalue weighted by Gasteiger charge is 2.38. The Balaban J connectivity index is 0.000000123. The second-order valence-corrected chi connectivity index (χ2v) is 20.9. The zero-order valence-electron chi connectivity index (χ0n) is 45.0. The molecule has 0 bridgehead atoms. The number of hydrogen-bond donors (Lipinski definition) is 0. The third-order valence-corrected chi connectivity index (χ3v) is 15.0. The number of rotatable bonds is 6. The molecule has 0 atom stereocenters. The maximum Gasteiger partial charge on any atom is 0.143 e. The lowest BCUT2D eigenvalue weighted by atomic mass is 9.80. The molecule has 11 aromatic carbocycles. The first-order valence-electron chi connectivity index (χ1n) is 27.0. The number of para-hydroxylation sites is 4. The van der Waals surface area contributed by atoms with E-state index < -0.39 is 0 Å².